The Labute approximate surface area is 151 Å². The predicted molar refractivity (Wildman–Crippen MR) is 97.5 cm³/mol. The molecule has 2 atom stereocenters. The molecule has 1 aromatic carbocycles. The van der Waals surface area contributed by atoms with Crippen LogP contribution in [0.2, 0.25) is 0 Å². The molecule has 1 heterocycles. The van der Waals surface area contributed by atoms with Crippen molar-refractivity contribution in [1.82, 2.24) is 10.2 Å². The van der Waals surface area contributed by atoms with Gasteiger partial charge < -0.3 is 10.6 Å². The number of thioether (sulfide) groups is 1. The maximum Gasteiger partial charge on any atom is 0.325 e. The van der Waals surface area contributed by atoms with Crippen molar-refractivity contribution in [2.75, 3.05) is 18.1 Å². The van der Waals surface area contributed by atoms with Gasteiger partial charge in [-0.15, -0.1) is 11.8 Å². The summed E-state index contributed by atoms with van der Waals surface area (Å²) in [5, 5.41) is 5.62. The van der Waals surface area contributed by atoms with Gasteiger partial charge in [0.2, 0.25) is 5.91 Å². The Morgan fingerprint density at radius 2 is 2.20 bits per heavy atom. The number of imide groups is 1. The van der Waals surface area contributed by atoms with E-state index in [0.29, 0.717) is 12.1 Å². The van der Waals surface area contributed by atoms with Crippen LogP contribution in [-0.4, -0.2) is 41.1 Å². The van der Waals surface area contributed by atoms with Crippen molar-refractivity contribution in [3.63, 3.8) is 0 Å². The fourth-order valence-electron chi connectivity index (χ4n) is 3.68. The van der Waals surface area contributed by atoms with Crippen LogP contribution in [0.1, 0.15) is 32.6 Å². The number of carbonyl (C=O) groups excluding carboxylic acids is 3. The Balaban J connectivity index is 1.68. The third-order valence-electron chi connectivity index (χ3n) is 5.16. The number of rotatable bonds is 4. The summed E-state index contributed by atoms with van der Waals surface area (Å²) >= 11 is 1.58. The van der Waals surface area contributed by atoms with Gasteiger partial charge in [0.05, 0.1) is 0 Å². The lowest BCUT2D eigenvalue weighted by molar-refractivity contribution is -0.136. The van der Waals surface area contributed by atoms with Gasteiger partial charge in [-0.2, -0.15) is 0 Å². The highest BCUT2D eigenvalue weighted by Crippen LogP contribution is 2.38. The molecule has 4 amide bonds. The molecule has 1 aromatic rings. The zero-order valence-corrected chi connectivity index (χ0v) is 15.3. The summed E-state index contributed by atoms with van der Waals surface area (Å²) in [7, 11) is 0. The molecule has 1 aliphatic heterocycles. The largest absolute Gasteiger partial charge is 0.325 e. The standard InChI is InChI=1S/C18H23N3O3S/c1-12-6-3-4-9-18(12)16(23)21(17(24)20-18)11-15(22)19-13-7-5-8-14(10-13)25-2/h5,7-8,10,12H,3-4,6,9,11H2,1-2H3,(H,19,22)(H,20,24)/t12-,18-/m1/s1. The molecule has 0 bridgehead atoms. The summed E-state index contributed by atoms with van der Waals surface area (Å²) in [4.78, 5) is 39.6. The highest BCUT2D eigenvalue weighted by molar-refractivity contribution is 7.98. The first kappa shape index (κ1) is 17.8. The van der Waals surface area contributed by atoms with Crippen LogP contribution in [0.5, 0.6) is 0 Å². The molecule has 2 N–H and O–H groups in total. The second kappa shape index (κ2) is 7.07. The van der Waals surface area contributed by atoms with Gasteiger partial charge in [0.1, 0.15) is 12.1 Å². The Hall–Kier alpha value is -2.02. The van der Waals surface area contributed by atoms with E-state index in [2.05, 4.69) is 10.6 Å². The minimum Gasteiger partial charge on any atom is -0.324 e. The van der Waals surface area contributed by atoms with E-state index in [9.17, 15) is 14.4 Å². The molecule has 2 aliphatic rings. The number of anilines is 1. The van der Waals surface area contributed by atoms with Crippen molar-refractivity contribution in [3.8, 4) is 0 Å². The number of benzene rings is 1. The molecule has 1 spiro atoms. The third kappa shape index (κ3) is 3.38. The molecule has 6 nitrogen and oxygen atoms in total. The van der Waals surface area contributed by atoms with Crippen LogP contribution in [0, 0.1) is 5.92 Å². The molecule has 0 unspecified atom stereocenters. The van der Waals surface area contributed by atoms with Crippen molar-refractivity contribution < 1.29 is 14.4 Å². The number of nitrogens with zero attached hydrogens (tertiary/aromatic N) is 1. The number of hydrogen-bond acceptors (Lipinski definition) is 4. The predicted octanol–water partition coefficient (Wildman–Crippen LogP) is 2.85. The lowest BCUT2D eigenvalue weighted by Gasteiger charge is -2.36. The molecule has 25 heavy (non-hydrogen) atoms. The molecule has 134 valence electrons. The average Bonchev–Trinajstić information content (AvgIpc) is 2.83. The molecule has 2 fully saturated rings. The number of hydrogen-bond donors (Lipinski definition) is 2. The van der Waals surface area contributed by atoms with Crippen LogP contribution in [0.25, 0.3) is 0 Å². The van der Waals surface area contributed by atoms with Crippen LogP contribution >= 0.6 is 11.8 Å². The third-order valence-corrected chi connectivity index (χ3v) is 5.88. The van der Waals surface area contributed by atoms with Gasteiger partial charge in [-0.05, 0) is 43.2 Å². The molecule has 0 radical (unpaired) electrons. The lowest BCUT2D eigenvalue weighted by Crippen LogP contribution is -2.54. The van der Waals surface area contributed by atoms with E-state index in [1.54, 1.807) is 17.8 Å². The van der Waals surface area contributed by atoms with Gasteiger partial charge >= 0.3 is 6.03 Å². The van der Waals surface area contributed by atoms with Crippen LogP contribution in [0.3, 0.4) is 0 Å². The smallest absolute Gasteiger partial charge is 0.324 e. The van der Waals surface area contributed by atoms with E-state index < -0.39 is 11.6 Å². The van der Waals surface area contributed by atoms with Crippen LogP contribution in [-0.2, 0) is 9.59 Å². The van der Waals surface area contributed by atoms with E-state index in [-0.39, 0.29) is 24.3 Å². The molecule has 1 aliphatic carbocycles. The van der Waals surface area contributed by atoms with Crippen LogP contribution < -0.4 is 10.6 Å². The maximum absolute atomic E-state index is 12.9. The van der Waals surface area contributed by atoms with Gasteiger partial charge in [0, 0.05) is 10.6 Å². The number of urea groups is 1. The lowest BCUT2D eigenvalue weighted by atomic mass is 9.73. The first-order chi connectivity index (χ1) is 12.0. The van der Waals surface area contributed by atoms with Crippen LogP contribution in [0.15, 0.2) is 29.2 Å². The van der Waals surface area contributed by atoms with Crippen molar-refractivity contribution >= 4 is 35.3 Å². The number of nitrogens with one attached hydrogen (secondary N) is 2. The second-order valence-corrected chi connectivity index (χ2v) is 7.60. The summed E-state index contributed by atoms with van der Waals surface area (Å²) in [5.74, 6) is -0.552. The minimum absolute atomic E-state index is 0.0871. The van der Waals surface area contributed by atoms with Crippen molar-refractivity contribution in [2.45, 2.75) is 43.0 Å². The first-order valence-corrected chi connectivity index (χ1v) is 9.77. The van der Waals surface area contributed by atoms with Gasteiger partial charge in [0.25, 0.3) is 5.91 Å². The van der Waals surface area contributed by atoms with E-state index >= 15 is 0 Å². The molecule has 1 saturated carbocycles. The summed E-state index contributed by atoms with van der Waals surface area (Å²) in [6.07, 6.45) is 5.50. The highest BCUT2D eigenvalue weighted by atomic mass is 32.2. The Morgan fingerprint density at radius 3 is 2.92 bits per heavy atom. The van der Waals surface area contributed by atoms with Gasteiger partial charge in [-0.3, -0.25) is 14.5 Å². The van der Waals surface area contributed by atoms with E-state index in [1.165, 1.54) is 0 Å². The van der Waals surface area contributed by atoms with Crippen LogP contribution in [0.4, 0.5) is 10.5 Å². The molecule has 0 aromatic heterocycles. The summed E-state index contributed by atoms with van der Waals surface area (Å²) in [6, 6.07) is 6.99. The highest BCUT2D eigenvalue weighted by Gasteiger charge is 2.55. The Morgan fingerprint density at radius 1 is 1.40 bits per heavy atom. The van der Waals surface area contributed by atoms with Crippen molar-refractivity contribution in [3.05, 3.63) is 24.3 Å². The summed E-state index contributed by atoms with van der Waals surface area (Å²) < 4.78 is 0. The summed E-state index contributed by atoms with van der Waals surface area (Å²) in [5.41, 5.74) is -0.168. The molecular formula is C18H23N3O3S. The zero-order valence-electron chi connectivity index (χ0n) is 14.5. The normalized spacial score (nSPS) is 26.0. The van der Waals surface area contributed by atoms with E-state index in [4.69, 9.17) is 0 Å². The average molecular weight is 361 g/mol. The fourth-order valence-corrected chi connectivity index (χ4v) is 4.14. The van der Waals surface area contributed by atoms with E-state index in [1.807, 2.05) is 31.4 Å². The molecular weight excluding hydrogens is 338 g/mol. The van der Waals surface area contributed by atoms with E-state index in [0.717, 1.165) is 29.1 Å². The summed E-state index contributed by atoms with van der Waals surface area (Å²) in [6.45, 7) is 1.73. The quantitative estimate of drug-likeness (QED) is 0.638. The molecule has 1 saturated heterocycles. The molecule has 7 heteroatoms. The first-order valence-electron chi connectivity index (χ1n) is 8.54. The monoisotopic (exact) mass is 361 g/mol. The van der Waals surface area contributed by atoms with Crippen molar-refractivity contribution in [1.29, 1.82) is 0 Å². The van der Waals surface area contributed by atoms with Gasteiger partial charge in [-0.1, -0.05) is 25.8 Å². The maximum atomic E-state index is 12.9. The molecule has 3 rings (SSSR count). The topological polar surface area (TPSA) is 78.5 Å². The van der Waals surface area contributed by atoms with Gasteiger partial charge in [0.15, 0.2) is 0 Å². The number of amides is 4. The van der Waals surface area contributed by atoms with Gasteiger partial charge in [-0.25, -0.2) is 4.79 Å². The second-order valence-electron chi connectivity index (χ2n) is 6.72. The SMILES string of the molecule is CSc1cccc(NC(=O)CN2C(=O)N[C@@]3(CCCC[C@H]3C)C2=O)c1. The number of carbonyl (C=O) groups is 3. The zero-order chi connectivity index (χ0) is 18.0. The van der Waals surface area contributed by atoms with Crippen molar-refractivity contribution in [2.24, 2.45) is 5.92 Å². The minimum atomic E-state index is -0.825. The Kier molecular flexibility index (Phi) is 5.03. The Bertz CT molecular complexity index is 709. The fraction of sp³-hybridized carbons (Fsp3) is 0.500.